The Morgan fingerprint density at radius 3 is 2.67 bits per heavy atom. The number of carboxylic acids is 1. The van der Waals surface area contributed by atoms with E-state index in [0.29, 0.717) is 6.42 Å². The maximum Gasteiger partial charge on any atom is 0.308 e. The summed E-state index contributed by atoms with van der Waals surface area (Å²) in [4.78, 5) is 25.6. The number of piperidine rings is 1. The SMILES string of the molecule is O=C(O)C1CC2CCC1N2C(=O)C1CCCNC1. The summed E-state index contributed by atoms with van der Waals surface area (Å²) >= 11 is 0. The molecule has 3 aliphatic rings. The van der Waals surface area contributed by atoms with Crippen LogP contribution in [-0.4, -0.2) is 47.1 Å². The highest BCUT2D eigenvalue weighted by molar-refractivity contribution is 5.82. The average Bonchev–Trinajstić information content (AvgIpc) is 2.96. The zero-order valence-corrected chi connectivity index (χ0v) is 10.5. The van der Waals surface area contributed by atoms with Gasteiger partial charge in [-0.25, -0.2) is 0 Å². The lowest BCUT2D eigenvalue weighted by Crippen LogP contribution is -2.46. The number of fused-ring (bicyclic) bond motifs is 2. The minimum atomic E-state index is -0.734. The molecule has 3 heterocycles. The first kappa shape index (κ1) is 12.0. The minimum Gasteiger partial charge on any atom is -0.481 e. The molecular formula is C13H20N2O3. The van der Waals surface area contributed by atoms with Gasteiger partial charge in [-0.1, -0.05) is 0 Å². The summed E-state index contributed by atoms with van der Waals surface area (Å²) in [5, 5.41) is 12.5. The third-order valence-corrected chi connectivity index (χ3v) is 4.75. The first-order chi connectivity index (χ1) is 8.68. The quantitative estimate of drug-likeness (QED) is 0.748. The summed E-state index contributed by atoms with van der Waals surface area (Å²) in [6, 6.07) is 0.146. The largest absolute Gasteiger partial charge is 0.481 e. The van der Waals surface area contributed by atoms with Gasteiger partial charge in [0.05, 0.1) is 11.8 Å². The van der Waals surface area contributed by atoms with E-state index in [2.05, 4.69) is 5.32 Å². The number of amides is 1. The van der Waals surface area contributed by atoms with Crippen LogP contribution in [0.5, 0.6) is 0 Å². The van der Waals surface area contributed by atoms with E-state index in [4.69, 9.17) is 0 Å². The van der Waals surface area contributed by atoms with E-state index >= 15 is 0 Å². The summed E-state index contributed by atoms with van der Waals surface area (Å²) in [5.41, 5.74) is 0. The normalized spacial score (nSPS) is 39.0. The lowest BCUT2D eigenvalue weighted by Gasteiger charge is -2.30. The van der Waals surface area contributed by atoms with Crippen LogP contribution >= 0.6 is 0 Å². The molecule has 5 heteroatoms. The van der Waals surface area contributed by atoms with Crippen molar-refractivity contribution < 1.29 is 14.7 Å². The Kier molecular flexibility index (Phi) is 3.01. The highest BCUT2D eigenvalue weighted by Crippen LogP contribution is 2.42. The molecule has 0 aromatic rings. The van der Waals surface area contributed by atoms with Gasteiger partial charge >= 0.3 is 5.97 Å². The molecule has 0 spiro atoms. The van der Waals surface area contributed by atoms with E-state index in [0.717, 1.165) is 38.8 Å². The van der Waals surface area contributed by atoms with Gasteiger partial charge in [-0.3, -0.25) is 9.59 Å². The molecule has 4 atom stereocenters. The van der Waals surface area contributed by atoms with Crippen LogP contribution in [0.3, 0.4) is 0 Å². The summed E-state index contributed by atoms with van der Waals surface area (Å²) in [6.07, 6.45) is 4.50. The highest BCUT2D eigenvalue weighted by Gasteiger charge is 2.52. The van der Waals surface area contributed by atoms with Crippen LogP contribution in [0, 0.1) is 11.8 Å². The summed E-state index contributed by atoms with van der Waals surface area (Å²) in [7, 11) is 0. The second-order valence-corrected chi connectivity index (χ2v) is 5.77. The fraction of sp³-hybridized carbons (Fsp3) is 0.846. The molecule has 3 rings (SSSR count). The van der Waals surface area contributed by atoms with Gasteiger partial charge in [0.15, 0.2) is 0 Å². The summed E-state index contributed by atoms with van der Waals surface area (Å²) in [5.74, 6) is -0.807. The Bertz CT molecular complexity index is 365. The number of aliphatic carboxylic acids is 1. The van der Waals surface area contributed by atoms with Gasteiger partial charge in [0, 0.05) is 18.6 Å². The smallest absolute Gasteiger partial charge is 0.308 e. The van der Waals surface area contributed by atoms with Crippen LogP contribution in [-0.2, 0) is 9.59 Å². The van der Waals surface area contributed by atoms with Crippen molar-refractivity contribution in [1.29, 1.82) is 0 Å². The van der Waals surface area contributed by atoms with Crippen molar-refractivity contribution in [3.05, 3.63) is 0 Å². The number of nitrogens with one attached hydrogen (secondary N) is 1. The van der Waals surface area contributed by atoms with Crippen LogP contribution in [0.4, 0.5) is 0 Å². The van der Waals surface area contributed by atoms with Crippen LogP contribution < -0.4 is 5.32 Å². The van der Waals surface area contributed by atoms with Crippen molar-refractivity contribution in [2.75, 3.05) is 13.1 Å². The third-order valence-electron chi connectivity index (χ3n) is 4.75. The Morgan fingerprint density at radius 1 is 1.22 bits per heavy atom. The zero-order chi connectivity index (χ0) is 12.7. The molecule has 2 bridgehead atoms. The number of carboxylic acid groups (broad SMARTS) is 1. The Hall–Kier alpha value is -1.10. The maximum absolute atomic E-state index is 12.5. The molecule has 3 fully saturated rings. The van der Waals surface area contributed by atoms with Gasteiger partial charge in [-0.2, -0.15) is 0 Å². The van der Waals surface area contributed by atoms with Crippen molar-refractivity contribution in [1.82, 2.24) is 10.2 Å². The molecule has 18 heavy (non-hydrogen) atoms. The number of carbonyl (C=O) groups is 2. The van der Waals surface area contributed by atoms with Gasteiger partial charge < -0.3 is 15.3 Å². The fourth-order valence-corrected chi connectivity index (χ4v) is 3.87. The Morgan fingerprint density at radius 2 is 2.06 bits per heavy atom. The van der Waals surface area contributed by atoms with E-state index in [1.807, 2.05) is 4.90 Å². The number of hydrogen-bond acceptors (Lipinski definition) is 3. The van der Waals surface area contributed by atoms with Gasteiger partial charge in [0.2, 0.25) is 5.91 Å². The van der Waals surface area contributed by atoms with E-state index < -0.39 is 5.97 Å². The van der Waals surface area contributed by atoms with E-state index in [9.17, 15) is 14.7 Å². The molecule has 0 aromatic carbocycles. The molecule has 2 N–H and O–H groups in total. The predicted octanol–water partition coefficient (Wildman–Crippen LogP) is 0.450. The lowest BCUT2D eigenvalue weighted by atomic mass is 9.89. The van der Waals surface area contributed by atoms with Crippen molar-refractivity contribution in [3.63, 3.8) is 0 Å². The first-order valence-electron chi connectivity index (χ1n) is 6.94. The van der Waals surface area contributed by atoms with E-state index in [1.165, 1.54) is 0 Å². The predicted molar refractivity (Wildman–Crippen MR) is 65.0 cm³/mol. The molecule has 5 nitrogen and oxygen atoms in total. The van der Waals surface area contributed by atoms with E-state index in [-0.39, 0.29) is 29.8 Å². The molecule has 1 amide bonds. The van der Waals surface area contributed by atoms with Crippen LogP contribution in [0.1, 0.15) is 32.1 Å². The fourth-order valence-electron chi connectivity index (χ4n) is 3.87. The average molecular weight is 252 g/mol. The maximum atomic E-state index is 12.5. The van der Waals surface area contributed by atoms with Crippen molar-refractivity contribution >= 4 is 11.9 Å². The summed E-state index contributed by atoms with van der Waals surface area (Å²) < 4.78 is 0. The molecule has 0 aliphatic carbocycles. The molecule has 0 aromatic heterocycles. The standard InChI is InChI=1S/C13H20N2O3/c16-12(8-2-1-5-14-7-8)15-9-3-4-11(15)10(6-9)13(17)18/h8-11,14H,1-7H2,(H,17,18). The molecule has 3 saturated heterocycles. The van der Waals surface area contributed by atoms with Crippen LogP contribution in [0.25, 0.3) is 0 Å². The second kappa shape index (κ2) is 4.53. The molecule has 4 unspecified atom stereocenters. The topological polar surface area (TPSA) is 69.6 Å². The van der Waals surface area contributed by atoms with Crippen molar-refractivity contribution in [2.45, 2.75) is 44.2 Å². The number of carbonyl (C=O) groups excluding carboxylic acids is 1. The molecule has 0 radical (unpaired) electrons. The molecule has 100 valence electrons. The highest BCUT2D eigenvalue weighted by atomic mass is 16.4. The third kappa shape index (κ3) is 1.81. The summed E-state index contributed by atoms with van der Waals surface area (Å²) in [6.45, 7) is 1.75. The number of rotatable bonds is 2. The Labute approximate surface area is 107 Å². The lowest BCUT2D eigenvalue weighted by molar-refractivity contribution is -0.143. The van der Waals surface area contributed by atoms with Crippen LogP contribution in [0.2, 0.25) is 0 Å². The molecular weight excluding hydrogens is 232 g/mol. The van der Waals surface area contributed by atoms with Gasteiger partial charge in [0.1, 0.15) is 0 Å². The van der Waals surface area contributed by atoms with Gasteiger partial charge in [-0.05, 0) is 38.6 Å². The van der Waals surface area contributed by atoms with Gasteiger partial charge in [0.25, 0.3) is 0 Å². The van der Waals surface area contributed by atoms with Crippen molar-refractivity contribution in [3.8, 4) is 0 Å². The van der Waals surface area contributed by atoms with Crippen molar-refractivity contribution in [2.24, 2.45) is 11.8 Å². The first-order valence-corrected chi connectivity index (χ1v) is 6.94. The number of nitrogens with zero attached hydrogens (tertiary/aromatic N) is 1. The monoisotopic (exact) mass is 252 g/mol. The minimum absolute atomic E-state index is 0.0399. The van der Waals surface area contributed by atoms with Crippen LogP contribution in [0.15, 0.2) is 0 Å². The zero-order valence-electron chi connectivity index (χ0n) is 10.5. The number of hydrogen-bond donors (Lipinski definition) is 2. The van der Waals surface area contributed by atoms with E-state index in [1.54, 1.807) is 0 Å². The van der Waals surface area contributed by atoms with Gasteiger partial charge in [-0.15, -0.1) is 0 Å². The molecule has 3 aliphatic heterocycles. The second-order valence-electron chi connectivity index (χ2n) is 5.77. The molecule has 0 saturated carbocycles. The Balaban J connectivity index is 1.72.